The van der Waals surface area contributed by atoms with E-state index in [2.05, 4.69) is 18.2 Å². The summed E-state index contributed by atoms with van der Waals surface area (Å²) in [5.74, 6) is 0.902. The van der Waals surface area contributed by atoms with Crippen molar-refractivity contribution >= 4 is 0 Å². The lowest BCUT2D eigenvalue weighted by Gasteiger charge is -2.05. The van der Waals surface area contributed by atoms with E-state index >= 15 is 0 Å². The van der Waals surface area contributed by atoms with Crippen molar-refractivity contribution in [1.82, 2.24) is 0 Å². The molecule has 0 aliphatic heterocycles. The Morgan fingerprint density at radius 3 is 3.20 bits per heavy atom. The number of benzene rings is 1. The number of fused-ring (bicyclic) bond motifs is 1. The lowest BCUT2D eigenvalue weighted by molar-refractivity contribution is 0.693. The van der Waals surface area contributed by atoms with Crippen LogP contribution in [0.5, 0.6) is 0 Å². The molecule has 50 valence electrons. The SMILES string of the molecule is c1cc2c3c(c1)C3CCC2. The predicted molar refractivity (Wildman–Crippen MR) is 41.2 cm³/mol. The van der Waals surface area contributed by atoms with Crippen LogP contribution in [0.25, 0.3) is 0 Å². The molecule has 0 saturated carbocycles. The lowest BCUT2D eigenvalue weighted by Crippen LogP contribution is -1.91. The minimum absolute atomic E-state index is 0.902. The Morgan fingerprint density at radius 2 is 2.30 bits per heavy atom. The van der Waals surface area contributed by atoms with Crippen molar-refractivity contribution in [3.8, 4) is 0 Å². The Kier molecular flexibility index (Phi) is 0.715. The first-order valence-corrected chi connectivity index (χ1v) is 4.08. The second kappa shape index (κ2) is 1.45. The van der Waals surface area contributed by atoms with E-state index in [1.54, 1.807) is 16.7 Å². The zero-order chi connectivity index (χ0) is 6.55. The fourth-order valence-corrected chi connectivity index (χ4v) is 2.28. The van der Waals surface area contributed by atoms with Crippen LogP contribution in [0.4, 0.5) is 0 Å². The fourth-order valence-electron chi connectivity index (χ4n) is 2.28. The van der Waals surface area contributed by atoms with E-state index in [4.69, 9.17) is 0 Å². The average molecular weight is 130 g/mol. The van der Waals surface area contributed by atoms with Crippen molar-refractivity contribution in [2.75, 3.05) is 0 Å². The smallest absolute Gasteiger partial charge is 0.00981 e. The van der Waals surface area contributed by atoms with Gasteiger partial charge in [-0.15, -0.1) is 0 Å². The normalized spacial score (nSPS) is 25.8. The maximum absolute atomic E-state index is 2.29. The highest BCUT2D eigenvalue weighted by atomic mass is 14.4. The van der Waals surface area contributed by atoms with Crippen molar-refractivity contribution in [1.29, 1.82) is 0 Å². The van der Waals surface area contributed by atoms with Gasteiger partial charge in [0, 0.05) is 5.92 Å². The molecule has 0 heteroatoms. The minimum atomic E-state index is 0.902. The summed E-state index contributed by atoms with van der Waals surface area (Å²) in [4.78, 5) is 0. The number of hydrogen-bond acceptors (Lipinski definition) is 0. The summed E-state index contributed by atoms with van der Waals surface area (Å²) in [5.41, 5.74) is 4.98. The molecular formula is C10H10. The molecule has 0 bridgehead atoms. The first kappa shape index (κ1) is 4.95. The van der Waals surface area contributed by atoms with Gasteiger partial charge in [0.2, 0.25) is 0 Å². The van der Waals surface area contributed by atoms with Gasteiger partial charge in [-0.2, -0.15) is 0 Å². The lowest BCUT2D eigenvalue weighted by atomic mass is 10.00. The maximum Gasteiger partial charge on any atom is 0.00981 e. The van der Waals surface area contributed by atoms with Crippen LogP contribution >= 0.6 is 0 Å². The van der Waals surface area contributed by atoms with Gasteiger partial charge in [-0.05, 0) is 36.0 Å². The molecule has 1 aromatic carbocycles. The molecule has 0 aromatic heterocycles. The summed E-state index contributed by atoms with van der Waals surface area (Å²) in [6.07, 6.45) is 4.16. The highest BCUT2D eigenvalue weighted by Crippen LogP contribution is 2.51. The quantitative estimate of drug-likeness (QED) is 0.506. The molecule has 1 aromatic rings. The number of hydrogen-bond donors (Lipinski definition) is 0. The van der Waals surface area contributed by atoms with Gasteiger partial charge in [0.15, 0.2) is 0 Å². The van der Waals surface area contributed by atoms with E-state index in [0.717, 1.165) is 5.92 Å². The molecule has 0 fully saturated rings. The molecule has 3 rings (SSSR count). The maximum atomic E-state index is 2.29. The zero-order valence-corrected chi connectivity index (χ0v) is 5.93. The number of aryl methyl sites for hydroxylation is 1. The van der Waals surface area contributed by atoms with Crippen LogP contribution in [0.3, 0.4) is 0 Å². The van der Waals surface area contributed by atoms with Gasteiger partial charge in [-0.25, -0.2) is 0 Å². The molecule has 10 heavy (non-hydrogen) atoms. The van der Waals surface area contributed by atoms with Crippen molar-refractivity contribution < 1.29 is 0 Å². The van der Waals surface area contributed by atoms with Crippen molar-refractivity contribution in [3.63, 3.8) is 0 Å². The predicted octanol–water partition coefficient (Wildman–Crippen LogP) is 2.47. The Balaban J connectivity index is 2.27. The largest absolute Gasteiger partial charge is 0.0617 e. The summed E-state index contributed by atoms with van der Waals surface area (Å²) in [6, 6.07) is 6.78. The molecule has 0 radical (unpaired) electrons. The van der Waals surface area contributed by atoms with E-state index < -0.39 is 0 Å². The highest BCUT2D eigenvalue weighted by molar-refractivity contribution is 5.58. The molecule has 0 N–H and O–H groups in total. The topological polar surface area (TPSA) is 0 Å². The molecule has 1 unspecified atom stereocenters. The second-order valence-electron chi connectivity index (χ2n) is 3.36. The number of rotatable bonds is 0. The minimum Gasteiger partial charge on any atom is -0.0617 e. The summed E-state index contributed by atoms with van der Waals surface area (Å²) < 4.78 is 0. The van der Waals surface area contributed by atoms with E-state index in [0.29, 0.717) is 0 Å². The van der Waals surface area contributed by atoms with Crippen LogP contribution in [-0.4, -0.2) is 0 Å². The van der Waals surface area contributed by atoms with Gasteiger partial charge in [-0.3, -0.25) is 0 Å². The summed E-state index contributed by atoms with van der Waals surface area (Å²) in [5, 5.41) is 0. The Bertz CT molecular complexity index is 286. The fraction of sp³-hybridized carbons (Fsp3) is 0.400. The third-order valence-corrected chi connectivity index (χ3v) is 2.81. The Labute approximate surface area is 60.9 Å². The summed E-state index contributed by atoms with van der Waals surface area (Å²) in [7, 11) is 0. The third-order valence-electron chi connectivity index (χ3n) is 2.81. The highest BCUT2D eigenvalue weighted by Gasteiger charge is 2.36. The van der Waals surface area contributed by atoms with Crippen LogP contribution in [0.1, 0.15) is 35.4 Å². The molecule has 0 saturated heterocycles. The van der Waals surface area contributed by atoms with Gasteiger partial charge in [0.25, 0.3) is 0 Å². The molecular weight excluding hydrogens is 120 g/mol. The second-order valence-corrected chi connectivity index (χ2v) is 3.36. The van der Waals surface area contributed by atoms with E-state index in [-0.39, 0.29) is 0 Å². The van der Waals surface area contributed by atoms with Crippen LogP contribution in [0, 0.1) is 0 Å². The van der Waals surface area contributed by atoms with Crippen molar-refractivity contribution in [2.24, 2.45) is 0 Å². The third kappa shape index (κ3) is 0.439. The van der Waals surface area contributed by atoms with Gasteiger partial charge in [0.05, 0.1) is 0 Å². The first-order valence-electron chi connectivity index (χ1n) is 4.08. The standard InChI is InChI=1S/C10H10/c1-3-7-4-2-6-9-8(5-1)10(7)9/h1,3,5,9H,2,4,6H2. The van der Waals surface area contributed by atoms with Gasteiger partial charge >= 0.3 is 0 Å². The Morgan fingerprint density at radius 1 is 1.30 bits per heavy atom. The molecule has 0 nitrogen and oxygen atoms in total. The van der Waals surface area contributed by atoms with Gasteiger partial charge in [0.1, 0.15) is 0 Å². The van der Waals surface area contributed by atoms with Crippen LogP contribution in [-0.2, 0) is 6.42 Å². The zero-order valence-electron chi connectivity index (χ0n) is 5.93. The van der Waals surface area contributed by atoms with Crippen LogP contribution in [0.15, 0.2) is 18.2 Å². The van der Waals surface area contributed by atoms with E-state index in [9.17, 15) is 0 Å². The first-order chi connectivity index (χ1) is 4.97. The van der Waals surface area contributed by atoms with E-state index in [1.165, 1.54) is 19.3 Å². The molecule has 2 aliphatic rings. The summed E-state index contributed by atoms with van der Waals surface area (Å²) >= 11 is 0. The van der Waals surface area contributed by atoms with Crippen LogP contribution < -0.4 is 0 Å². The monoisotopic (exact) mass is 130 g/mol. The average Bonchev–Trinajstić information content (AvgIpc) is 2.68. The molecule has 1 atom stereocenters. The molecule has 0 spiro atoms. The van der Waals surface area contributed by atoms with E-state index in [1.807, 2.05) is 0 Å². The molecule has 0 heterocycles. The Hall–Kier alpha value is -0.780. The molecule has 0 amide bonds. The van der Waals surface area contributed by atoms with Gasteiger partial charge in [-0.1, -0.05) is 18.2 Å². The van der Waals surface area contributed by atoms with Gasteiger partial charge < -0.3 is 0 Å². The van der Waals surface area contributed by atoms with Crippen molar-refractivity contribution in [3.05, 3.63) is 34.9 Å². The van der Waals surface area contributed by atoms with Crippen LogP contribution in [0.2, 0.25) is 0 Å². The van der Waals surface area contributed by atoms with Crippen molar-refractivity contribution in [2.45, 2.75) is 25.2 Å². The molecule has 2 aliphatic carbocycles. The summed E-state index contributed by atoms with van der Waals surface area (Å²) in [6.45, 7) is 0.